The van der Waals surface area contributed by atoms with Crippen LogP contribution in [0.1, 0.15) is 50.2 Å². The van der Waals surface area contributed by atoms with E-state index in [4.69, 9.17) is 0 Å². The summed E-state index contributed by atoms with van der Waals surface area (Å²) in [6.45, 7) is 2.27. The lowest BCUT2D eigenvalue weighted by Gasteiger charge is -2.16. The van der Waals surface area contributed by atoms with Crippen molar-refractivity contribution < 1.29 is 0 Å². The summed E-state index contributed by atoms with van der Waals surface area (Å²) in [5, 5.41) is 0. The normalized spacial score (nSPS) is 14.4. The molecule has 0 spiro atoms. The Morgan fingerprint density at radius 2 is 1.81 bits per heavy atom. The summed E-state index contributed by atoms with van der Waals surface area (Å²) in [7, 11) is 0. The lowest BCUT2D eigenvalue weighted by molar-refractivity contribution is 0.656. The Balaban J connectivity index is 1.84. The molecule has 0 heteroatoms. The van der Waals surface area contributed by atoms with Crippen LogP contribution in [-0.4, -0.2) is 0 Å². The van der Waals surface area contributed by atoms with Crippen molar-refractivity contribution in [1.82, 2.24) is 0 Å². The molecule has 2 rings (SSSR count). The summed E-state index contributed by atoms with van der Waals surface area (Å²) in [6, 6.07) is 8.87. The van der Waals surface area contributed by atoms with Crippen LogP contribution in [0.3, 0.4) is 0 Å². The van der Waals surface area contributed by atoms with Gasteiger partial charge in [-0.15, -0.1) is 0 Å². The summed E-state index contributed by atoms with van der Waals surface area (Å²) in [6.07, 6.45) is 11.6. The number of rotatable bonds is 5. The van der Waals surface area contributed by atoms with E-state index in [9.17, 15) is 0 Å². The third kappa shape index (κ3) is 2.98. The van der Waals surface area contributed by atoms with Crippen LogP contribution in [0.15, 0.2) is 35.9 Å². The first-order chi connectivity index (χ1) is 7.90. The highest BCUT2D eigenvalue weighted by atomic mass is 14.1. The van der Waals surface area contributed by atoms with Gasteiger partial charge >= 0.3 is 0 Å². The molecule has 0 aromatic heterocycles. The van der Waals surface area contributed by atoms with Crippen LogP contribution in [-0.2, 0) is 12.8 Å². The molecule has 0 heterocycles. The molecule has 0 atom stereocenters. The van der Waals surface area contributed by atoms with E-state index in [2.05, 4.69) is 37.3 Å². The van der Waals surface area contributed by atoms with Gasteiger partial charge in [-0.05, 0) is 36.8 Å². The van der Waals surface area contributed by atoms with E-state index < -0.39 is 0 Å². The molecule has 1 aliphatic carbocycles. The van der Waals surface area contributed by atoms with Gasteiger partial charge in [0.25, 0.3) is 0 Å². The van der Waals surface area contributed by atoms with Crippen LogP contribution in [0.5, 0.6) is 0 Å². The largest absolute Gasteiger partial charge is 0.0806 e. The van der Waals surface area contributed by atoms with E-state index in [1.807, 2.05) is 0 Å². The van der Waals surface area contributed by atoms with Gasteiger partial charge in [-0.2, -0.15) is 0 Å². The van der Waals surface area contributed by atoms with Gasteiger partial charge in [0.15, 0.2) is 0 Å². The summed E-state index contributed by atoms with van der Waals surface area (Å²) in [5.74, 6) is 0. The van der Waals surface area contributed by atoms with E-state index >= 15 is 0 Å². The first-order valence-electron chi connectivity index (χ1n) is 6.65. The molecule has 0 unspecified atom stereocenters. The van der Waals surface area contributed by atoms with Gasteiger partial charge < -0.3 is 0 Å². The van der Waals surface area contributed by atoms with Crippen molar-refractivity contribution in [3.05, 3.63) is 47.0 Å². The Labute approximate surface area is 99.4 Å². The maximum absolute atomic E-state index is 2.45. The summed E-state index contributed by atoms with van der Waals surface area (Å²) in [5.41, 5.74) is 4.74. The quantitative estimate of drug-likeness (QED) is 0.493. The second kappa shape index (κ2) is 5.89. The SMILES string of the molecule is CCCCCCC1=CCc2ccccc2C1. The highest BCUT2D eigenvalue weighted by Gasteiger charge is 2.09. The average Bonchev–Trinajstić information content (AvgIpc) is 2.34. The molecule has 0 aliphatic heterocycles. The van der Waals surface area contributed by atoms with Crippen LogP contribution in [0.4, 0.5) is 0 Å². The fraction of sp³-hybridized carbons (Fsp3) is 0.500. The lowest BCUT2D eigenvalue weighted by atomic mass is 9.89. The second-order valence-corrected chi connectivity index (χ2v) is 4.82. The number of allylic oxidation sites excluding steroid dienone is 2. The molecule has 16 heavy (non-hydrogen) atoms. The molecular formula is C16H22. The van der Waals surface area contributed by atoms with E-state index in [1.165, 1.54) is 44.1 Å². The van der Waals surface area contributed by atoms with Crippen LogP contribution in [0.25, 0.3) is 0 Å². The zero-order valence-electron chi connectivity index (χ0n) is 10.3. The molecule has 1 aromatic rings. The average molecular weight is 214 g/mol. The Bertz CT molecular complexity index is 360. The number of benzene rings is 1. The van der Waals surface area contributed by atoms with Crippen molar-refractivity contribution >= 4 is 0 Å². The molecule has 1 aliphatic rings. The molecule has 0 N–H and O–H groups in total. The van der Waals surface area contributed by atoms with Crippen molar-refractivity contribution in [3.63, 3.8) is 0 Å². The highest BCUT2D eigenvalue weighted by Crippen LogP contribution is 2.24. The number of hydrogen-bond donors (Lipinski definition) is 0. The van der Waals surface area contributed by atoms with Crippen molar-refractivity contribution in [1.29, 1.82) is 0 Å². The molecule has 86 valence electrons. The summed E-state index contributed by atoms with van der Waals surface area (Å²) in [4.78, 5) is 0. The topological polar surface area (TPSA) is 0 Å². The van der Waals surface area contributed by atoms with E-state index in [0.29, 0.717) is 0 Å². The zero-order valence-corrected chi connectivity index (χ0v) is 10.3. The van der Waals surface area contributed by atoms with Gasteiger partial charge in [-0.25, -0.2) is 0 Å². The van der Waals surface area contributed by atoms with Crippen LogP contribution >= 0.6 is 0 Å². The standard InChI is InChI=1S/C16H22/c1-2-3-4-5-8-14-11-12-15-9-6-7-10-16(15)13-14/h6-7,9-11H,2-5,8,12-13H2,1H3. The third-order valence-corrected chi connectivity index (χ3v) is 3.50. The number of unbranched alkanes of at least 4 members (excludes halogenated alkanes) is 3. The first-order valence-corrected chi connectivity index (χ1v) is 6.65. The van der Waals surface area contributed by atoms with Gasteiger partial charge in [-0.3, -0.25) is 0 Å². The minimum absolute atomic E-state index is 1.15. The molecule has 1 aromatic carbocycles. The Morgan fingerprint density at radius 3 is 2.62 bits per heavy atom. The highest BCUT2D eigenvalue weighted by molar-refractivity contribution is 5.36. The zero-order chi connectivity index (χ0) is 11.2. The Morgan fingerprint density at radius 1 is 1.00 bits per heavy atom. The second-order valence-electron chi connectivity index (χ2n) is 4.82. The summed E-state index contributed by atoms with van der Waals surface area (Å²) >= 11 is 0. The maximum atomic E-state index is 2.45. The molecule has 0 radical (unpaired) electrons. The van der Waals surface area contributed by atoms with Crippen molar-refractivity contribution in [2.75, 3.05) is 0 Å². The van der Waals surface area contributed by atoms with E-state index in [-0.39, 0.29) is 0 Å². The van der Waals surface area contributed by atoms with Gasteiger partial charge in [0.1, 0.15) is 0 Å². The summed E-state index contributed by atoms with van der Waals surface area (Å²) < 4.78 is 0. The first kappa shape index (κ1) is 11.4. The molecule has 0 bridgehead atoms. The van der Waals surface area contributed by atoms with Gasteiger partial charge in [0.2, 0.25) is 0 Å². The molecule has 0 saturated heterocycles. The van der Waals surface area contributed by atoms with Crippen molar-refractivity contribution in [2.45, 2.75) is 51.9 Å². The fourth-order valence-corrected chi connectivity index (χ4v) is 2.47. The molecule has 0 saturated carbocycles. The maximum Gasteiger partial charge on any atom is -0.00642 e. The van der Waals surface area contributed by atoms with Crippen molar-refractivity contribution in [3.8, 4) is 0 Å². The van der Waals surface area contributed by atoms with Gasteiger partial charge in [0, 0.05) is 0 Å². The van der Waals surface area contributed by atoms with Crippen LogP contribution in [0, 0.1) is 0 Å². The van der Waals surface area contributed by atoms with Crippen molar-refractivity contribution in [2.24, 2.45) is 0 Å². The Hall–Kier alpha value is -1.04. The third-order valence-electron chi connectivity index (χ3n) is 3.50. The van der Waals surface area contributed by atoms with Crippen LogP contribution < -0.4 is 0 Å². The fourth-order valence-electron chi connectivity index (χ4n) is 2.47. The monoisotopic (exact) mass is 214 g/mol. The molecule has 0 nitrogen and oxygen atoms in total. The molecular weight excluding hydrogens is 192 g/mol. The van der Waals surface area contributed by atoms with Gasteiger partial charge in [-0.1, -0.05) is 62.1 Å². The predicted octanol–water partition coefficient (Wildman–Crippen LogP) is 4.68. The van der Waals surface area contributed by atoms with E-state index in [0.717, 1.165) is 6.42 Å². The lowest BCUT2D eigenvalue weighted by Crippen LogP contribution is -2.02. The number of fused-ring (bicyclic) bond motifs is 1. The van der Waals surface area contributed by atoms with E-state index in [1.54, 1.807) is 11.1 Å². The van der Waals surface area contributed by atoms with Gasteiger partial charge in [0.05, 0.1) is 0 Å². The Kier molecular flexibility index (Phi) is 4.21. The minimum Gasteiger partial charge on any atom is -0.0806 e. The van der Waals surface area contributed by atoms with Crippen LogP contribution in [0.2, 0.25) is 0 Å². The molecule has 0 fully saturated rings. The minimum atomic E-state index is 1.15. The molecule has 0 amide bonds. The predicted molar refractivity (Wildman–Crippen MR) is 70.7 cm³/mol. The smallest absolute Gasteiger partial charge is 0.00642 e. The number of hydrogen-bond acceptors (Lipinski definition) is 0.